The van der Waals surface area contributed by atoms with Gasteiger partial charge in [-0.05, 0) is 53.6 Å². The largest absolute Gasteiger partial charge is 0.453 e. The Morgan fingerprint density at radius 3 is 2.26 bits per heavy atom. The standard InChI is InChI=1S/C16H21OSi2/c1-7-12-13(8-2)16-14(12)10-9-11-15(16)18(3)17-19(4,5)6/h7-11H,1-2H2,3-6H3. The van der Waals surface area contributed by atoms with Crippen molar-refractivity contribution in [3.05, 3.63) is 54.6 Å². The van der Waals surface area contributed by atoms with Crippen molar-refractivity contribution in [3.8, 4) is 0 Å². The summed E-state index contributed by atoms with van der Waals surface area (Å²) in [5, 5.41) is 1.37. The zero-order valence-corrected chi connectivity index (χ0v) is 14.2. The van der Waals surface area contributed by atoms with Gasteiger partial charge in [0.2, 0.25) is 9.04 Å². The summed E-state index contributed by atoms with van der Waals surface area (Å²) in [7, 11) is -2.45. The van der Waals surface area contributed by atoms with Gasteiger partial charge in [-0.25, -0.2) is 0 Å². The van der Waals surface area contributed by atoms with Gasteiger partial charge in [0.1, 0.15) is 0 Å². The molecule has 19 heavy (non-hydrogen) atoms. The van der Waals surface area contributed by atoms with Crippen LogP contribution in [-0.4, -0.2) is 17.4 Å². The molecule has 0 unspecified atom stereocenters. The fourth-order valence-corrected chi connectivity index (χ4v) is 7.59. The van der Waals surface area contributed by atoms with Gasteiger partial charge in [0.15, 0.2) is 8.32 Å². The SMILES string of the molecule is C=CC1=C(C=C)c2c1cccc2[Si](C)O[Si](C)(C)C. The second-order valence-electron chi connectivity index (χ2n) is 5.73. The number of hydrogen-bond acceptors (Lipinski definition) is 1. The average Bonchev–Trinajstić information content (AvgIpc) is 2.28. The van der Waals surface area contributed by atoms with Gasteiger partial charge in [-0.3, -0.25) is 0 Å². The van der Waals surface area contributed by atoms with Crippen LogP contribution < -0.4 is 5.19 Å². The molecule has 1 aliphatic rings. The van der Waals surface area contributed by atoms with E-state index in [4.69, 9.17) is 4.12 Å². The average molecular weight is 286 g/mol. The van der Waals surface area contributed by atoms with Gasteiger partial charge in [0.25, 0.3) is 0 Å². The van der Waals surface area contributed by atoms with E-state index in [1.807, 2.05) is 12.2 Å². The van der Waals surface area contributed by atoms with Gasteiger partial charge in [0.05, 0.1) is 0 Å². The maximum atomic E-state index is 6.31. The van der Waals surface area contributed by atoms with Gasteiger partial charge in [-0.15, -0.1) is 0 Å². The number of hydrogen-bond donors (Lipinski definition) is 0. The molecule has 0 bridgehead atoms. The Hall–Kier alpha value is -1.17. The van der Waals surface area contributed by atoms with E-state index in [1.54, 1.807) is 0 Å². The van der Waals surface area contributed by atoms with Gasteiger partial charge >= 0.3 is 0 Å². The van der Waals surface area contributed by atoms with Crippen LogP contribution in [0.3, 0.4) is 0 Å². The highest BCUT2D eigenvalue weighted by Crippen LogP contribution is 2.40. The molecule has 1 aromatic rings. The van der Waals surface area contributed by atoms with E-state index in [0.717, 1.165) is 0 Å². The monoisotopic (exact) mass is 285 g/mol. The molecule has 0 heterocycles. The molecular weight excluding hydrogens is 264 g/mol. The van der Waals surface area contributed by atoms with E-state index in [1.165, 1.54) is 27.5 Å². The molecule has 1 nitrogen and oxygen atoms in total. The highest BCUT2D eigenvalue weighted by molar-refractivity contribution is 6.81. The van der Waals surface area contributed by atoms with E-state index < -0.39 is 17.4 Å². The molecule has 0 atom stereocenters. The maximum Gasteiger partial charge on any atom is 0.232 e. The first-order chi connectivity index (χ1) is 8.89. The van der Waals surface area contributed by atoms with Crippen LogP contribution in [0.25, 0.3) is 11.1 Å². The molecule has 2 rings (SSSR count). The first-order valence-electron chi connectivity index (χ1n) is 6.55. The zero-order valence-electron chi connectivity index (χ0n) is 12.2. The van der Waals surface area contributed by atoms with Gasteiger partial charge in [0, 0.05) is 0 Å². The fraction of sp³-hybridized carbons (Fsp3) is 0.250. The fourth-order valence-electron chi connectivity index (χ4n) is 2.52. The lowest BCUT2D eigenvalue weighted by Crippen LogP contribution is -2.43. The third-order valence-electron chi connectivity index (χ3n) is 3.16. The molecule has 0 aliphatic heterocycles. The minimum absolute atomic E-state index is 0.954. The Morgan fingerprint density at radius 2 is 1.74 bits per heavy atom. The van der Waals surface area contributed by atoms with Crippen LogP contribution in [0.5, 0.6) is 0 Å². The number of rotatable bonds is 5. The number of fused-ring (bicyclic) bond motifs is 1. The lowest BCUT2D eigenvalue weighted by Gasteiger charge is -2.30. The van der Waals surface area contributed by atoms with Crippen molar-refractivity contribution in [1.82, 2.24) is 0 Å². The summed E-state index contributed by atoms with van der Waals surface area (Å²) >= 11 is 0. The highest BCUT2D eigenvalue weighted by atomic mass is 28.4. The molecule has 99 valence electrons. The third kappa shape index (κ3) is 2.59. The first-order valence-corrected chi connectivity index (χ1v) is 11.9. The summed E-state index contributed by atoms with van der Waals surface area (Å²) in [4.78, 5) is 0. The molecule has 0 aromatic heterocycles. The molecule has 1 aliphatic carbocycles. The van der Waals surface area contributed by atoms with Crippen molar-refractivity contribution in [2.45, 2.75) is 26.2 Å². The third-order valence-corrected chi connectivity index (χ3v) is 8.01. The van der Waals surface area contributed by atoms with Crippen LogP contribution >= 0.6 is 0 Å². The second-order valence-corrected chi connectivity index (χ2v) is 12.4. The van der Waals surface area contributed by atoms with Gasteiger partial charge in [-0.2, -0.15) is 0 Å². The minimum Gasteiger partial charge on any atom is -0.453 e. The van der Waals surface area contributed by atoms with Crippen LogP contribution in [0, 0.1) is 0 Å². The van der Waals surface area contributed by atoms with Crippen molar-refractivity contribution in [2.24, 2.45) is 0 Å². The molecular formula is C16H21OSi2. The van der Waals surface area contributed by atoms with Crippen molar-refractivity contribution < 1.29 is 4.12 Å². The summed E-state index contributed by atoms with van der Waals surface area (Å²) in [5.74, 6) is 0. The topological polar surface area (TPSA) is 9.23 Å². The van der Waals surface area contributed by atoms with Crippen LogP contribution in [0.4, 0.5) is 0 Å². The van der Waals surface area contributed by atoms with E-state index in [9.17, 15) is 0 Å². The molecule has 0 spiro atoms. The molecule has 3 heteroatoms. The van der Waals surface area contributed by atoms with E-state index >= 15 is 0 Å². The van der Waals surface area contributed by atoms with Gasteiger partial charge < -0.3 is 4.12 Å². The lowest BCUT2D eigenvalue weighted by molar-refractivity contribution is 0.589. The predicted octanol–water partition coefficient (Wildman–Crippen LogP) is 3.96. The highest BCUT2D eigenvalue weighted by Gasteiger charge is 2.29. The Morgan fingerprint density at radius 1 is 1.11 bits per heavy atom. The molecule has 0 fully saturated rings. The van der Waals surface area contributed by atoms with Crippen molar-refractivity contribution in [1.29, 1.82) is 0 Å². The molecule has 1 radical (unpaired) electrons. The summed E-state index contributed by atoms with van der Waals surface area (Å²) in [5.41, 5.74) is 5.08. The second kappa shape index (κ2) is 5.08. The van der Waals surface area contributed by atoms with E-state index in [0.29, 0.717) is 0 Å². The Balaban J connectivity index is 2.41. The predicted molar refractivity (Wildman–Crippen MR) is 89.3 cm³/mol. The lowest BCUT2D eigenvalue weighted by atomic mass is 9.80. The van der Waals surface area contributed by atoms with Crippen molar-refractivity contribution in [3.63, 3.8) is 0 Å². The maximum absolute atomic E-state index is 6.31. The van der Waals surface area contributed by atoms with E-state index in [-0.39, 0.29) is 0 Å². The molecule has 0 N–H and O–H groups in total. The summed E-state index contributed by atoms with van der Waals surface area (Å²) in [6.45, 7) is 16.8. The van der Waals surface area contributed by atoms with Crippen LogP contribution in [0.15, 0.2) is 43.5 Å². The van der Waals surface area contributed by atoms with Crippen LogP contribution in [0.2, 0.25) is 26.2 Å². The Kier molecular flexibility index (Phi) is 3.81. The normalized spacial score (nSPS) is 14.2. The first kappa shape index (κ1) is 14.2. The number of allylic oxidation sites excluding steroid dienone is 4. The number of benzene rings is 1. The van der Waals surface area contributed by atoms with Crippen molar-refractivity contribution >= 4 is 33.7 Å². The smallest absolute Gasteiger partial charge is 0.232 e. The van der Waals surface area contributed by atoms with Crippen molar-refractivity contribution in [2.75, 3.05) is 0 Å². The zero-order chi connectivity index (χ0) is 14.2. The molecule has 0 saturated carbocycles. The Labute approximate surface area is 119 Å². The minimum atomic E-state index is -1.49. The Bertz CT molecular complexity index is 565. The van der Waals surface area contributed by atoms with Gasteiger partial charge in [-0.1, -0.05) is 43.5 Å². The quantitative estimate of drug-likeness (QED) is 0.744. The molecule has 0 saturated heterocycles. The summed E-state index contributed by atoms with van der Waals surface area (Å²) in [6.07, 6.45) is 3.86. The molecule has 1 aromatic carbocycles. The summed E-state index contributed by atoms with van der Waals surface area (Å²) < 4.78 is 6.31. The van der Waals surface area contributed by atoms with E-state index in [2.05, 4.69) is 57.5 Å². The molecule has 0 amide bonds. The van der Waals surface area contributed by atoms with Crippen LogP contribution in [-0.2, 0) is 4.12 Å². The summed E-state index contributed by atoms with van der Waals surface area (Å²) in [6, 6.07) is 6.49. The van der Waals surface area contributed by atoms with Crippen LogP contribution in [0.1, 0.15) is 11.1 Å².